The summed E-state index contributed by atoms with van der Waals surface area (Å²) in [6.45, 7) is 9.16. The Morgan fingerprint density at radius 1 is 1.35 bits per heavy atom. The fraction of sp³-hybridized carbons (Fsp3) is 0.632. The SMILES string of the molecule is CC(C)OCCCNC(=O)CN1CC[C@H](c2ccccc2)[C@@H]1C. The van der Waals surface area contributed by atoms with Crippen LogP contribution in [-0.4, -0.2) is 49.2 Å². The summed E-state index contributed by atoms with van der Waals surface area (Å²) in [6.07, 6.45) is 2.25. The zero-order chi connectivity index (χ0) is 16.7. The Balaban J connectivity index is 1.70. The number of benzene rings is 1. The summed E-state index contributed by atoms with van der Waals surface area (Å²) >= 11 is 0. The van der Waals surface area contributed by atoms with Crippen molar-refractivity contribution < 1.29 is 9.53 Å². The summed E-state index contributed by atoms with van der Waals surface area (Å²) in [5.41, 5.74) is 1.38. The van der Waals surface area contributed by atoms with E-state index < -0.39 is 0 Å². The summed E-state index contributed by atoms with van der Waals surface area (Å²) < 4.78 is 5.48. The number of carbonyl (C=O) groups excluding carboxylic acids is 1. The van der Waals surface area contributed by atoms with Crippen LogP contribution in [0.15, 0.2) is 30.3 Å². The number of nitrogens with one attached hydrogen (secondary N) is 1. The Morgan fingerprint density at radius 3 is 2.78 bits per heavy atom. The average Bonchev–Trinajstić information content (AvgIpc) is 2.88. The lowest BCUT2D eigenvalue weighted by molar-refractivity contribution is -0.122. The van der Waals surface area contributed by atoms with E-state index >= 15 is 0 Å². The summed E-state index contributed by atoms with van der Waals surface area (Å²) in [4.78, 5) is 14.4. The Morgan fingerprint density at radius 2 is 2.09 bits per heavy atom. The Bertz CT molecular complexity index is 476. The maximum Gasteiger partial charge on any atom is 0.234 e. The van der Waals surface area contributed by atoms with Crippen LogP contribution in [0.3, 0.4) is 0 Å². The van der Waals surface area contributed by atoms with Gasteiger partial charge in [0.05, 0.1) is 12.6 Å². The molecule has 2 atom stereocenters. The van der Waals surface area contributed by atoms with Crippen LogP contribution in [0.1, 0.15) is 45.1 Å². The highest BCUT2D eigenvalue weighted by atomic mass is 16.5. The molecule has 0 aliphatic carbocycles. The smallest absolute Gasteiger partial charge is 0.234 e. The summed E-state index contributed by atoms with van der Waals surface area (Å²) in [6, 6.07) is 11.0. The largest absolute Gasteiger partial charge is 0.379 e. The van der Waals surface area contributed by atoms with Gasteiger partial charge in [-0.2, -0.15) is 0 Å². The van der Waals surface area contributed by atoms with Gasteiger partial charge in [0.1, 0.15) is 0 Å². The highest BCUT2D eigenvalue weighted by molar-refractivity contribution is 5.78. The van der Waals surface area contributed by atoms with Crippen LogP contribution in [0, 0.1) is 0 Å². The molecule has 4 nitrogen and oxygen atoms in total. The topological polar surface area (TPSA) is 41.6 Å². The number of carbonyl (C=O) groups is 1. The van der Waals surface area contributed by atoms with Gasteiger partial charge in [-0.25, -0.2) is 0 Å². The van der Waals surface area contributed by atoms with Crippen LogP contribution < -0.4 is 5.32 Å². The molecule has 1 aliphatic rings. The number of hydrogen-bond acceptors (Lipinski definition) is 3. The van der Waals surface area contributed by atoms with Crippen molar-refractivity contribution >= 4 is 5.91 Å². The monoisotopic (exact) mass is 318 g/mol. The molecule has 0 spiro atoms. The number of nitrogens with zero attached hydrogens (tertiary/aromatic N) is 1. The second kappa shape index (κ2) is 9.04. The van der Waals surface area contributed by atoms with Gasteiger partial charge < -0.3 is 10.1 Å². The first-order chi connectivity index (χ1) is 11.1. The van der Waals surface area contributed by atoms with Crippen molar-refractivity contribution in [1.29, 1.82) is 0 Å². The maximum atomic E-state index is 12.1. The fourth-order valence-corrected chi connectivity index (χ4v) is 3.23. The molecule has 1 amide bonds. The molecule has 23 heavy (non-hydrogen) atoms. The second-order valence-electron chi connectivity index (χ2n) is 6.64. The molecule has 1 aliphatic heterocycles. The Hall–Kier alpha value is -1.39. The number of likely N-dealkylation sites (tertiary alicyclic amines) is 1. The van der Waals surface area contributed by atoms with Crippen molar-refractivity contribution in [3.63, 3.8) is 0 Å². The predicted molar refractivity (Wildman–Crippen MR) is 93.5 cm³/mol. The molecule has 1 fully saturated rings. The molecule has 0 saturated carbocycles. The number of rotatable bonds is 8. The van der Waals surface area contributed by atoms with Gasteiger partial charge in [-0.05, 0) is 45.7 Å². The second-order valence-corrected chi connectivity index (χ2v) is 6.64. The van der Waals surface area contributed by atoms with Gasteiger partial charge in [-0.3, -0.25) is 9.69 Å². The van der Waals surface area contributed by atoms with Gasteiger partial charge in [0.2, 0.25) is 5.91 Å². The molecule has 1 aromatic rings. The molecule has 2 rings (SSSR count). The minimum Gasteiger partial charge on any atom is -0.379 e. The van der Waals surface area contributed by atoms with Crippen LogP contribution >= 0.6 is 0 Å². The molecule has 0 bridgehead atoms. The van der Waals surface area contributed by atoms with Crippen LogP contribution in [0.5, 0.6) is 0 Å². The van der Waals surface area contributed by atoms with E-state index in [2.05, 4.69) is 47.5 Å². The number of amides is 1. The first-order valence-corrected chi connectivity index (χ1v) is 8.75. The van der Waals surface area contributed by atoms with E-state index in [-0.39, 0.29) is 12.0 Å². The van der Waals surface area contributed by atoms with Crippen molar-refractivity contribution in [2.24, 2.45) is 0 Å². The van der Waals surface area contributed by atoms with Crippen LogP contribution in [-0.2, 0) is 9.53 Å². The van der Waals surface area contributed by atoms with E-state index in [0.717, 1.165) is 19.4 Å². The van der Waals surface area contributed by atoms with E-state index in [4.69, 9.17) is 4.74 Å². The lowest BCUT2D eigenvalue weighted by Gasteiger charge is -2.24. The Labute approximate surface area is 140 Å². The van der Waals surface area contributed by atoms with Crippen molar-refractivity contribution in [3.05, 3.63) is 35.9 Å². The van der Waals surface area contributed by atoms with E-state index in [9.17, 15) is 4.79 Å². The minimum atomic E-state index is 0.120. The Kier molecular flexibility index (Phi) is 7.06. The predicted octanol–water partition coefficient (Wildman–Crippen LogP) is 2.80. The molecule has 4 heteroatoms. The first kappa shape index (κ1) is 18.0. The highest BCUT2D eigenvalue weighted by Gasteiger charge is 2.32. The molecule has 0 unspecified atom stereocenters. The van der Waals surface area contributed by atoms with Crippen molar-refractivity contribution in [1.82, 2.24) is 10.2 Å². The summed E-state index contributed by atoms with van der Waals surface area (Å²) in [5, 5.41) is 3.00. The maximum absolute atomic E-state index is 12.1. The molecule has 1 N–H and O–H groups in total. The number of ether oxygens (including phenoxy) is 1. The van der Waals surface area contributed by atoms with Crippen LogP contribution in [0.4, 0.5) is 0 Å². The minimum absolute atomic E-state index is 0.120. The lowest BCUT2D eigenvalue weighted by atomic mass is 9.93. The van der Waals surface area contributed by atoms with Crippen LogP contribution in [0.25, 0.3) is 0 Å². The van der Waals surface area contributed by atoms with Gasteiger partial charge in [-0.15, -0.1) is 0 Å². The van der Waals surface area contributed by atoms with Gasteiger partial charge in [0.15, 0.2) is 0 Å². The summed E-state index contributed by atoms with van der Waals surface area (Å²) in [5.74, 6) is 0.651. The van der Waals surface area contributed by atoms with E-state index in [0.29, 0.717) is 31.7 Å². The average molecular weight is 318 g/mol. The highest BCUT2D eigenvalue weighted by Crippen LogP contribution is 2.32. The molecular weight excluding hydrogens is 288 g/mol. The van der Waals surface area contributed by atoms with Crippen LogP contribution in [0.2, 0.25) is 0 Å². The lowest BCUT2D eigenvalue weighted by Crippen LogP contribution is -2.40. The van der Waals surface area contributed by atoms with E-state index in [1.54, 1.807) is 0 Å². The molecule has 1 aromatic carbocycles. The molecular formula is C19H30N2O2. The van der Waals surface area contributed by atoms with E-state index in [1.807, 2.05) is 13.8 Å². The van der Waals surface area contributed by atoms with Gasteiger partial charge >= 0.3 is 0 Å². The third kappa shape index (κ3) is 5.63. The summed E-state index contributed by atoms with van der Waals surface area (Å²) in [7, 11) is 0. The van der Waals surface area contributed by atoms with Crippen molar-refractivity contribution in [2.45, 2.75) is 51.7 Å². The molecule has 1 saturated heterocycles. The van der Waals surface area contributed by atoms with Gasteiger partial charge in [-0.1, -0.05) is 30.3 Å². The fourth-order valence-electron chi connectivity index (χ4n) is 3.23. The van der Waals surface area contributed by atoms with Crippen molar-refractivity contribution in [2.75, 3.05) is 26.2 Å². The third-order valence-corrected chi connectivity index (χ3v) is 4.55. The van der Waals surface area contributed by atoms with Crippen molar-refractivity contribution in [3.8, 4) is 0 Å². The zero-order valence-corrected chi connectivity index (χ0v) is 14.6. The van der Waals surface area contributed by atoms with Gasteiger partial charge in [0, 0.05) is 25.1 Å². The molecule has 0 radical (unpaired) electrons. The number of hydrogen-bond donors (Lipinski definition) is 1. The van der Waals surface area contributed by atoms with E-state index in [1.165, 1.54) is 5.56 Å². The first-order valence-electron chi connectivity index (χ1n) is 8.75. The molecule has 0 aromatic heterocycles. The third-order valence-electron chi connectivity index (χ3n) is 4.55. The quantitative estimate of drug-likeness (QED) is 0.750. The zero-order valence-electron chi connectivity index (χ0n) is 14.6. The van der Waals surface area contributed by atoms with Gasteiger partial charge in [0.25, 0.3) is 0 Å². The molecule has 1 heterocycles. The molecule has 128 valence electrons. The standard InChI is InChI=1S/C19H30N2O2/c1-15(2)23-13-7-11-20-19(22)14-21-12-10-18(16(21)3)17-8-5-4-6-9-17/h4-6,8-9,15-16,18H,7,10-14H2,1-3H3,(H,20,22)/t16-,18-/m0/s1. The normalized spacial score (nSPS) is 21.7.